The normalized spacial score (nSPS) is 11.8. The van der Waals surface area contributed by atoms with E-state index in [2.05, 4.69) is 28.3 Å². The van der Waals surface area contributed by atoms with Gasteiger partial charge >= 0.3 is 0 Å². The van der Waals surface area contributed by atoms with Gasteiger partial charge in [0.1, 0.15) is 12.1 Å². The van der Waals surface area contributed by atoms with E-state index in [1.54, 1.807) is 18.7 Å². The van der Waals surface area contributed by atoms with E-state index in [-0.39, 0.29) is 6.04 Å². The van der Waals surface area contributed by atoms with Gasteiger partial charge in [0.15, 0.2) is 0 Å². The van der Waals surface area contributed by atoms with Gasteiger partial charge in [-0.2, -0.15) is 5.26 Å². The molecule has 0 aliphatic rings. The van der Waals surface area contributed by atoms with E-state index in [1.165, 1.54) is 0 Å². The average molecular weight is 303 g/mol. The third-order valence-corrected chi connectivity index (χ3v) is 3.71. The van der Waals surface area contributed by atoms with E-state index in [0.29, 0.717) is 5.56 Å². The molecule has 1 N–H and O–H groups in total. The lowest BCUT2D eigenvalue weighted by Crippen LogP contribution is -2.18. The summed E-state index contributed by atoms with van der Waals surface area (Å²) < 4.78 is 1.88. The van der Waals surface area contributed by atoms with Crippen LogP contribution in [0, 0.1) is 11.3 Å². The smallest absolute Gasteiger partial charge is 0.138 e. The van der Waals surface area contributed by atoms with Gasteiger partial charge in [-0.05, 0) is 42.3 Å². The highest BCUT2D eigenvalue weighted by Gasteiger charge is 2.06. The third-order valence-electron chi connectivity index (χ3n) is 3.71. The summed E-state index contributed by atoms with van der Waals surface area (Å²) in [5.41, 5.74) is 2.93. The molecule has 0 saturated heterocycles. The largest absolute Gasteiger partial charge is 0.306 e. The molecule has 0 amide bonds. The van der Waals surface area contributed by atoms with Crippen LogP contribution in [0.4, 0.5) is 0 Å². The minimum Gasteiger partial charge on any atom is -0.306 e. The molecule has 2 aromatic heterocycles. The first-order valence-corrected chi connectivity index (χ1v) is 7.43. The monoisotopic (exact) mass is 303 g/mol. The van der Waals surface area contributed by atoms with Crippen molar-refractivity contribution in [3.8, 4) is 11.9 Å². The Hall–Kier alpha value is -2.97. The first kappa shape index (κ1) is 14.9. The second-order valence-corrected chi connectivity index (χ2v) is 5.33. The highest BCUT2D eigenvalue weighted by atomic mass is 15.1. The van der Waals surface area contributed by atoms with Crippen molar-refractivity contribution in [2.45, 2.75) is 19.5 Å². The molecule has 0 fully saturated rings. The van der Waals surface area contributed by atoms with Crippen LogP contribution in [0.3, 0.4) is 0 Å². The molecule has 0 bridgehead atoms. The van der Waals surface area contributed by atoms with Crippen LogP contribution in [-0.4, -0.2) is 14.5 Å². The molecule has 0 spiro atoms. The van der Waals surface area contributed by atoms with Gasteiger partial charge in [-0.1, -0.05) is 12.1 Å². The lowest BCUT2D eigenvalue weighted by atomic mass is 10.1. The van der Waals surface area contributed by atoms with Gasteiger partial charge in [0.25, 0.3) is 0 Å². The van der Waals surface area contributed by atoms with E-state index in [4.69, 9.17) is 5.26 Å². The fraction of sp³-hybridized carbons (Fsp3) is 0.167. The number of benzene rings is 1. The summed E-state index contributed by atoms with van der Waals surface area (Å²) in [7, 11) is 0. The number of nitrogens with zero attached hydrogens (tertiary/aromatic N) is 4. The fourth-order valence-corrected chi connectivity index (χ4v) is 2.37. The van der Waals surface area contributed by atoms with Crippen molar-refractivity contribution in [2.75, 3.05) is 0 Å². The first-order chi connectivity index (χ1) is 11.3. The maximum absolute atomic E-state index is 8.99. The molecule has 5 nitrogen and oxygen atoms in total. The van der Waals surface area contributed by atoms with Crippen molar-refractivity contribution in [1.82, 2.24) is 19.9 Å². The first-order valence-electron chi connectivity index (χ1n) is 7.43. The number of hydrogen-bond acceptors (Lipinski definition) is 4. The molecule has 1 atom stereocenters. The molecule has 3 rings (SSSR count). The van der Waals surface area contributed by atoms with Crippen LogP contribution in [0.15, 0.2) is 61.3 Å². The molecule has 23 heavy (non-hydrogen) atoms. The Morgan fingerprint density at radius 2 is 2.17 bits per heavy atom. The Labute approximate surface area is 135 Å². The van der Waals surface area contributed by atoms with Gasteiger partial charge in [-0.15, -0.1) is 0 Å². The third kappa shape index (κ3) is 3.62. The minimum atomic E-state index is 0.160. The van der Waals surface area contributed by atoms with Gasteiger partial charge in [0.2, 0.25) is 0 Å². The standard InChI is InChI=1S/C18H17N5/c1-14(17-4-2-3-15(9-17)11-19)22-12-16-5-6-21-18(10-16)23-8-7-20-13-23/h2-10,13-14,22H,12H2,1H3/t14-/m0/s1. The number of nitriles is 1. The van der Waals surface area contributed by atoms with Crippen molar-refractivity contribution in [3.63, 3.8) is 0 Å². The lowest BCUT2D eigenvalue weighted by molar-refractivity contribution is 0.574. The van der Waals surface area contributed by atoms with Crippen LogP contribution in [0.25, 0.3) is 5.82 Å². The van der Waals surface area contributed by atoms with E-state index in [1.807, 2.05) is 47.2 Å². The van der Waals surface area contributed by atoms with E-state index < -0.39 is 0 Å². The average Bonchev–Trinajstić information content (AvgIpc) is 3.14. The second-order valence-electron chi connectivity index (χ2n) is 5.33. The maximum atomic E-state index is 8.99. The maximum Gasteiger partial charge on any atom is 0.138 e. The summed E-state index contributed by atoms with van der Waals surface area (Å²) in [6, 6.07) is 14.0. The number of hydrogen-bond donors (Lipinski definition) is 1. The molecule has 5 heteroatoms. The van der Waals surface area contributed by atoms with Crippen LogP contribution >= 0.6 is 0 Å². The van der Waals surface area contributed by atoms with Crippen LogP contribution in [-0.2, 0) is 6.54 Å². The zero-order chi connectivity index (χ0) is 16.1. The SMILES string of the molecule is C[C@H](NCc1ccnc(-n2ccnc2)c1)c1cccc(C#N)c1. The topological polar surface area (TPSA) is 66.5 Å². The molecule has 0 saturated carbocycles. The molecule has 1 aromatic carbocycles. The summed E-state index contributed by atoms with van der Waals surface area (Å²) in [6.45, 7) is 2.82. The molecule has 0 aliphatic carbocycles. The van der Waals surface area contributed by atoms with Gasteiger partial charge in [0, 0.05) is 31.2 Å². The summed E-state index contributed by atoms with van der Waals surface area (Å²) in [5, 5.41) is 12.5. The van der Waals surface area contributed by atoms with Crippen LogP contribution in [0.1, 0.15) is 29.7 Å². The van der Waals surface area contributed by atoms with E-state index in [0.717, 1.165) is 23.5 Å². The Morgan fingerprint density at radius 1 is 1.26 bits per heavy atom. The zero-order valence-electron chi connectivity index (χ0n) is 12.8. The van der Waals surface area contributed by atoms with E-state index in [9.17, 15) is 0 Å². The Balaban J connectivity index is 1.68. The van der Waals surface area contributed by atoms with Gasteiger partial charge in [0.05, 0.1) is 11.6 Å². The molecule has 114 valence electrons. The molecule has 0 unspecified atom stereocenters. The fourth-order valence-electron chi connectivity index (χ4n) is 2.37. The van der Waals surface area contributed by atoms with E-state index >= 15 is 0 Å². The van der Waals surface area contributed by atoms with Crippen molar-refractivity contribution < 1.29 is 0 Å². The summed E-state index contributed by atoms with van der Waals surface area (Å²) in [4.78, 5) is 8.39. The van der Waals surface area contributed by atoms with Crippen LogP contribution in [0.2, 0.25) is 0 Å². The van der Waals surface area contributed by atoms with Crippen molar-refractivity contribution in [3.05, 3.63) is 78.0 Å². The van der Waals surface area contributed by atoms with Gasteiger partial charge in [-0.25, -0.2) is 9.97 Å². The van der Waals surface area contributed by atoms with Crippen LogP contribution < -0.4 is 5.32 Å². The zero-order valence-corrected chi connectivity index (χ0v) is 12.8. The Kier molecular flexibility index (Phi) is 4.46. The molecular formula is C18H17N5. The quantitative estimate of drug-likeness (QED) is 0.787. The predicted octanol–water partition coefficient (Wildman–Crippen LogP) is 2.99. The summed E-state index contributed by atoms with van der Waals surface area (Å²) in [5.74, 6) is 0.848. The molecular weight excluding hydrogens is 286 g/mol. The number of pyridine rings is 1. The molecule has 0 radical (unpaired) electrons. The summed E-state index contributed by atoms with van der Waals surface area (Å²) >= 11 is 0. The van der Waals surface area contributed by atoms with Crippen LogP contribution in [0.5, 0.6) is 0 Å². The highest BCUT2D eigenvalue weighted by molar-refractivity contribution is 5.34. The molecule has 3 aromatic rings. The van der Waals surface area contributed by atoms with Gasteiger partial charge in [-0.3, -0.25) is 4.57 Å². The Morgan fingerprint density at radius 3 is 2.96 bits per heavy atom. The molecule has 2 heterocycles. The lowest BCUT2D eigenvalue weighted by Gasteiger charge is -2.15. The van der Waals surface area contributed by atoms with Crippen molar-refractivity contribution in [2.24, 2.45) is 0 Å². The minimum absolute atomic E-state index is 0.160. The number of rotatable bonds is 5. The summed E-state index contributed by atoms with van der Waals surface area (Å²) in [6.07, 6.45) is 7.13. The molecule has 0 aliphatic heterocycles. The number of imidazole rings is 1. The van der Waals surface area contributed by atoms with Crippen molar-refractivity contribution in [1.29, 1.82) is 5.26 Å². The van der Waals surface area contributed by atoms with Gasteiger partial charge < -0.3 is 5.32 Å². The number of aromatic nitrogens is 3. The van der Waals surface area contributed by atoms with Crippen molar-refractivity contribution >= 4 is 0 Å². The predicted molar refractivity (Wildman–Crippen MR) is 87.8 cm³/mol. The number of nitrogens with one attached hydrogen (secondary N) is 1. The Bertz CT molecular complexity index is 817. The second kappa shape index (κ2) is 6.86. The highest BCUT2D eigenvalue weighted by Crippen LogP contribution is 2.15.